The van der Waals surface area contributed by atoms with E-state index >= 15 is 0 Å². The van der Waals surface area contributed by atoms with Crippen LogP contribution in [0.1, 0.15) is 19.4 Å². The molecule has 0 saturated heterocycles. The molecule has 0 aliphatic rings. The van der Waals surface area contributed by atoms with Crippen LogP contribution in [0.2, 0.25) is 0 Å². The number of aromatic amines is 1. The predicted octanol–water partition coefficient (Wildman–Crippen LogP) is 3.18. The monoisotopic (exact) mass is 316 g/mol. The molecule has 20 heavy (non-hydrogen) atoms. The highest BCUT2D eigenvalue weighted by Gasteiger charge is 2.14. The Kier molecular flexibility index (Phi) is 4.59. The Labute approximate surface area is 124 Å². The van der Waals surface area contributed by atoms with Crippen LogP contribution < -0.4 is 4.74 Å². The van der Waals surface area contributed by atoms with Gasteiger partial charge in [0.05, 0.1) is 18.1 Å². The minimum absolute atomic E-state index is 0.0790. The lowest BCUT2D eigenvalue weighted by molar-refractivity contribution is 0.387. The van der Waals surface area contributed by atoms with Gasteiger partial charge in [-0.2, -0.15) is 0 Å². The number of nitrogens with one attached hydrogen (secondary N) is 1. The van der Waals surface area contributed by atoms with E-state index in [0.29, 0.717) is 16.0 Å². The maximum Gasteiger partial charge on any atom is 0.178 e. The minimum Gasteiger partial charge on any atom is -0.494 e. The molecule has 0 aliphatic carbocycles. The van der Waals surface area contributed by atoms with Crippen molar-refractivity contribution < 1.29 is 13.3 Å². The fourth-order valence-corrected chi connectivity index (χ4v) is 3.25. The molecule has 2 aromatic rings. The highest BCUT2D eigenvalue weighted by Crippen LogP contribution is 2.27. The second-order valence-electron chi connectivity index (χ2n) is 4.72. The molecule has 0 radical (unpaired) electrons. The quantitative estimate of drug-likeness (QED) is 0.862. The molecule has 0 amide bonds. The van der Waals surface area contributed by atoms with Gasteiger partial charge in [0.1, 0.15) is 0 Å². The average molecular weight is 316 g/mol. The van der Waals surface area contributed by atoms with Crippen LogP contribution in [0.3, 0.4) is 0 Å². The zero-order chi connectivity index (χ0) is 14.9. The largest absolute Gasteiger partial charge is 0.494 e. The third-order valence-electron chi connectivity index (χ3n) is 3.25. The Bertz CT molecular complexity index is 708. The zero-order valence-corrected chi connectivity index (χ0v) is 13.2. The lowest BCUT2D eigenvalue weighted by atomic mass is 10.2. The molecule has 110 valence electrons. The first-order valence-corrected chi connectivity index (χ1v) is 8.35. The van der Waals surface area contributed by atoms with Crippen molar-refractivity contribution in [2.75, 3.05) is 19.1 Å². The lowest BCUT2D eigenvalue weighted by Crippen LogP contribution is -2.09. The lowest BCUT2D eigenvalue weighted by Gasteiger charge is -2.14. The standard InChI is InChI=1S/C13H17FN2O2S2/c1-8(4-5-20(3)17)16-11-7-12(18-2)9(14)6-10(11)15-13(16)19/h6-8H,4-5H2,1-3H3,(H,15,19). The molecular formula is C13H17FN2O2S2. The summed E-state index contributed by atoms with van der Waals surface area (Å²) in [6.07, 6.45) is 2.42. The van der Waals surface area contributed by atoms with Crippen LogP contribution in [-0.2, 0) is 10.8 Å². The molecule has 0 spiro atoms. The van der Waals surface area contributed by atoms with Crippen molar-refractivity contribution in [3.63, 3.8) is 0 Å². The molecule has 2 rings (SSSR count). The van der Waals surface area contributed by atoms with Gasteiger partial charge >= 0.3 is 0 Å². The molecule has 0 bridgehead atoms. The summed E-state index contributed by atoms with van der Waals surface area (Å²) in [5.74, 6) is 0.366. The topological polar surface area (TPSA) is 47.0 Å². The molecule has 1 N–H and O–H groups in total. The highest BCUT2D eigenvalue weighted by atomic mass is 32.2. The van der Waals surface area contributed by atoms with Crippen molar-refractivity contribution in [3.05, 3.63) is 22.7 Å². The molecular weight excluding hydrogens is 299 g/mol. The third-order valence-corrected chi connectivity index (χ3v) is 4.36. The predicted molar refractivity (Wildman–Crippen MR) is 81.9 cm³/mol. The fourth-order valence-electron chi connectivity index (χ4n) is 2.19. The van der Waals surface area contributed by atoms with Gasteiger partial charge in [-0.1, -0.05) is 0 Å². The Morgan fingerprint density at radius 3 is 2.85 bits per heavy atom. The number of hydrogen-bond acceptors (Lipinski definition) is 3. The number of rotatable bonds is 5. The first kappa shape index (κ1) is 15.2. The summed E-state index contributed by atoms with van der Waals surface area (Å²) in [5, 5.41) is 0. The first-order chi connectivity index (χ1) is 9.43. The zero-order valence-electron chi connectivity index (χ0n) is 11.6. The van der Waals surface area contributed by atoms with E-state index in [4.69, 9.17) is 17.0 Å². The average Bonchev–Trinajstić information content (AvgIpc) is 2.69. The second kappa shape index (κ2) is 6.05. The van der Waals surface area contributed by atoms with Gasteiger partial charge in [0.25, 0.3) is 0 Å². The third kappa shape index (κ3) is 2.93. The first-order valence-electron chi connectivity index (χ1n) is 6.21. The van der Waals surface area contributed by atoms with Crippen molar-refractivity contribution in [1.29, 1.82) is 0 Å². The maximum absolute atomic E-state index is 13.7. The molecule has 7 heteroatoms. The molecule has 1 heterocycles. The Balaban J connectivity index is 2.49. The molecule has 0 saturated carbocycles. The summed E-state index contributed by atoms with van der Waals surface area (Å²) >= 11 is 5.30. The van der Waals surface area contributed by atoms with E-state index in [0.717, 1.165) is 11.9 Å². The molecule has 4 nitrogen and oxygen atoms in total. The number of fused-ring (bicyclic) bond motifs is 1. The SMILES string of the molecule is COc1cc2c(cc1F)[nH]c(=S)n2C(C)CCS(C)=O. The van der Waals surface area contributed by atoms with Gasteiger partial charge in [0.15, 0.2) is 16.3 Å². The molecule has 2 atom stereocenters. The van der Waals surface area contributed by atoms with Crippen molar-refractivity contribution in [1.82, 2.24) is 9.55 Å². The summed E-state index contributed by atoms with van der Waals surface area (Å²) in [4.78, 5) is 2.99. The van der Waals surface area contributed by atoms with Gasteiger partial charge in [-0.25, -0.2) is 4.39 Å². The number of benzene rings is 1. The number of methoxy groups -OCH3 is 1. The molecule has 1 aromatic heterocycles. The van der Waals surface area contributed by atoms with Gasteiger partial charge in [-0.05, 0) is 25.6 Å². The van der Waals surface area contributed by atoms with Crippen LogP contribution in [0.15, 0.2) is 12.1 Å². The van der Waals surface area contributed by atoms with Gasteiger partial charge in [0, 0.05) is 41.0 Å². The maximum atomic E-state index is 13.7. The van der Waals surface area contributed by atoms with Crippen LogP contribution >= 0.6 is 12.2 Å². The summed E-state index contributed by atoms with van der Waals surface area (Å²) in [5.41, 5.74) is 1.43. The fraction of sp³-hybridized carbons (Fsp3) is 0.462. The number of H-pyrrole nitrogens is 1. The van der Waals surface area contributed by atoms with Gasteiger partial charge < -0.3 is 14.3 Å². The Hall–Kier alpha value is -1.21. The van der Waals surface area contributed by atoms with E-state index in [1.165, 1.54) is 13.2 Å². The van der Waals surface area contributed by atoms with E-state index in [-0.39, 0.29) is 11.8 Å². The molecule has 0 aliphatic heterocycles. The Morgan fingerprint density at radius 2 is 2.25 bits per heavy atom. The van der Waals surface area contributed by atoms with E-state index in [2.05, 4.69) is 4.98 Å². The normalized spacial score (nSPS) is 14.4. The van der Waals surface area contributed by atoms with Gasteiger partial charge in [-0.3, -0.25) is 4.21 Å². The summed E-state index contributed by atoms with van der Waals surface area (Å²) in [7, 11) is 0.590. The molecule has 2 unspecified atom stereocenters. The smallest absolute Gasteiger partial charge is 0.178 e. The highest BCUT2D eigenvalue weighted by molar-refractivity contribution is 7.84. The van der Waals surface area contributed by atoms with Gasteiger partial charge in [-0.15, -0.1) is 0 Å². The van der Waals surface area contributed by atoms with E-state index in [1.807, 2.05) is 11.5 Å². The number of halogens is 1. The van der Waals surface area contributed by atoms with Gasteiger partial charge in [0.2, 0.25) is 0 Å². The van der Waals surface area contributed by atoms with E-state index in [9.17, 15) is 8.60 Å². The van der Waals surface area contributed by atoms with Crippen molar-refractivity contribution >= 4 is 34.1 Å². The molecule has 1 aromatic carbocycles. The van der Waals surface area contributed by atoms with Crippen LogP contribution in [0.25, 0.3) is 11.0 Å². The van der Waals surface area contributed by atoms with Crippen LogP contribution in [0.5, 0.6) is 5.75 Å². The number of hydrogen-bond donors (Lipinski definition) is 1. The van der Waals surface area contributed by atoms with Crippen molar-refractivity contribution in [3.8, 4) is 5.75 Å². The van der Waals surface area contributed by atoms with Crippen LogP contribution in [-0.4, -0.2) is 32.9 Å². The minimum atomic E-state index is -0.840. The number of aromatic nitrogens is 2. The van der Waals surface area contributed by atoms with Crippen molar-refractivity contribution in [2.45, 2.75) is 19.4 Å². The number of imidazole rings is 1. The number of ether oxygens (including phenoxy) is 1. The molecule has 0 fully saturated rings. The number of nitrogens with zero attached hydrogens (tertiary/aromatic N) is 1. The van der Waals surface area contributed by atoms with E-state index in [1.54, 1.807) is 12.3 Å². The van der Waals surface area contributed by atoms with Crippen LogP contribution in [0, 0.1) is 10.6 Å². The summed E-state index contributed by atoms with van der Waals surface area (Å²) in [6.45, 7) is 2.01. The van der Waals surface area contributed by atoms with Crippen LogP contribution in [0.4, 0.5) is 4.39 Å². The second-order valence-corrected chi connectivity index (χ2v) is 6.66. The van der Waals surface area contributed by atoms with E-state index < -0.39 is 16.6 Å². The summed E-state index contributed by atoms with van der Waals surface area (Å²) in [6, 6.07) is 3.09. The Morgan fingerprint density at radius 1 is 1.55 bits per heavy atom. The van der Waals surface area contributed by atoms with Crippen molar-refractivity contribution in [2.24, 2.45) is 0 Å². The summed E-state index contributed by atoms with van der Waals surface area (Å²) < 4.78 is 32.4.